The monoisotopic (exact) mass is 306 g/mol. The van der Waals surface area contributed by atoms with Crippen LogP contribution < -0.4 is 11.1 Å². The second kappa shape index (κ2) is 8.40. The zero-order chi connectivity index (χ0) is 13.6. The Hall–Kier alpha value is -0.780. The first kappa shape index (κ1) is 18.2. The van der Waals surface area contributed by atoms with Crippen LogP contribution in [0.1, 0.15) is 20.3 Å². The second-order valence-electron chi connectivity index (χ2n) is 4.67. The lowest BCUT2D eigenvalue weighted by atomic mass is 10.1. The van der Waals surface area contributed by atoms with Crippen LogP contribution in [0.2, 0.25) is 0 Å². The third-order valence-electron chi connectivity index (χ3n) is 2.41. The Balaban J connectivity index is 0.00000324. The molecule has 0 heterocycles. The van der Waals surface area contributed by atoms with Gasteiger partial charge in [-0.05, 0) is 26.0 Å². The van der Waals surface area contributed by atoms with Crippen LogP contribution in [0.15, 0.2) is 29.2 Å². The molecule has 0 aromatic heterocycles. The highest BCUT2D eigenvalue weighted by Gasteiger charge is 2.17. The molecular formula is C13H20ClFN2OS. The van der Waals surface area contributed by atoms with Crippen molar-refractivity contribution in [1.82, 2.24) is 5.32 Å². The molecule has 1 aromatic rings. The molecule has 6 heteroatoms. The van der Waals surface area contributed by atoms with Gasteiger partial charge in [-0.15, -0.1) is 24.2 Å². The molecule has 0 fully saturated rings. The van der Waals surface area contributed by atoms with Crippen molar-refractivity contribution in [2.45, 2.75) is 30.7 Å². The molecule has 0 bridgehead atoms. The van der Waals surface area contributed by atoms with Gasteiger partial charge >= 0.3 is 0 Å². The Bertz CT molecular complexity index is 415. The number of nitrogens with one attached hydrogen (secondary N) is 1. The van der Waals surface area contributed by atoms with Crippen LogP contribution >= 0.6 is 24.2 Å². The van der Waals surface area contributed by atoms with Gasteiger partial charge in [0.25, 0.3) is 0 Å². The molecule has 0 saturated carbocycles. The molecule has 0 spiro atoms. The predicted molar refractivity (Wildman–Crippen MR) is 80.3 cm³/mol. The van der Waals surface area contributed by atoms with Gasteiger partial charge in [-0.2, -0.15) is 0 Å². The number of hydrogen-bond acceptors (Lipinski definition) is 3. The fraction of sp³-hybridized carbons (Fsp3) is 0.462. The minimum absolute atomic E-state index is 0. The van der Waals surface area contributed by atoms with Gasteiger partial charge in [0.1, 0.15) is 5.82 Å². The van der Waals surface area contributed by atoms with Gasteiger partial charge in [-0.1, -0.05) is 12.1 Å². The quantitative estimate of drug-likeness (QED) is 0.794. The van der Waals surface area contributed by atoms with Crippen molar-refractivity contribution in [3.8, 4) is 0 Å². The van der Waals surface area contributed by atoms with Crippen molar-refractivity contribution in [3.05, 3.63) is 30.1 Å². The van der Waals surface area contributed by atoms with E-state index in [2.05, 4.69) is 5.32 Å². The highest BCUT2D eigenvalue weighted by molar-refractivity contribution is 7.99. The summed E-state index contributed by atoms with van der Waals surface area (Å²) in [5.41, 5.74) is 5.14. The first-order chi connectivity index (χ1) is 8.44. The maximum absolute atomic E-state index is 13.3. The maximum atomic E-state index is 13.3. The molecule has 1 aromatic carbocycles. The number of rotatable bonds is 6. The maximum Gasteiger partial charge on any atom is 0.221 e. The van der Waals surface area contributed by atoms with Crippen molar-refractivity contribution in [2.75, 3.05) is 12.3 Å². The van der Waals surface area contributed by atoms with Gasteiger partial charge < -0.3 is 11.1 Å². The topological polar surface area (TPSA) is 55.1 Å². The zero-order valence-electron chi connectivity index (χ0n) is 11.1. The summed E-state index contributed by atoms with van der Waals surface area (Å²) in [6.07, 6.45) is 0.350. The van der Waals surface area contributed by atoms with E-state index in [4.69, 9.17) is 5.73 Å². The van der Waals surface area contributed by atoms with E-state index < -0.39 is 0 Å². The molecule has 0 aliphatic rings. The Labute approximate surface area is 123 Å². The van der Waals surface area contributed by atoms with Crippen LogP contribution in [-0.4, -0.2) is 23.7 Å². The van der Waals surface area contributed by atoms with Gasteiger partial charge in [0.05, 0.1) is 0 Å². The molecule has 0 aliphatic carbocycles. The van der Waals surface area contributed by atoms with Crippen molar-refractivity contribution in [2.24, 2.45) is 5.73 Å². The van der Waals surface area contributed by atoms with E-state index in [0.717, 1.165) is 0 Å². The molecule has 1 rings (SSSR count). The minimum atomic E-state index is -0.389. The van der Waals surface area contributed by atoms with Crippen molar-refractivity contribution in [1.29, 1.82) is 0 Å². The van der Waals surface area contributed by atoms with E-state index in [0.29, 0.717) is 23.6 Å². The van der Waals surface area contributed by atoms with Crippen LogP contribution in [0.3, 0.4) is 0 Å². The Morgan fingerprint density at radius 3 is 2.63 bits per heavy atom. The molecule has 0 saturated heterocycles. The standard InChI is InChI=1S/C13H19FN2OS.ClH/c1-13(2,9-15)16-12(17)7-8-18-11-6-4-3-5-10(11)14;/h3-6H,7-9,15H2,1-2H3,(H,16,17);1H. The molecular weight excluding hydrogens is 287 g/mol. The SMILES string of the molecule is CC(C)(CN)NC(=O)CCSc1ccccc1F.Cl. The third-order valence-corrected chi connectivity index (χ3v) is 3.46. The van der Waals surface area contributed by atoms with E-state index in [1.54, 1.807) is 18.2 Å². The summed E-state index contributed by atoms with van der Waals surface area (Å²) < 4.78 is 13.3. The number of carbonyl (C=O) groups excluding carboxylic acids is 1. The van der Waals surface area contributed by atoms with Gasteiger partial charge in [-0.25, -0.2) is 4.39 Å². The van der Waals surface area contributed by atoms with Crippen molar-refractivity contribution < 1.29 is 9.18 Å². The van der Waals surface area contributed by atoms with Gasteiger partial charge in [0.15, 0.2) is 0 Å². The summed E-state index contributed by atoms with van der Waals surface area (Å²) in [7, 11) is 0. The molecule has 0 aliphatic heterocycles. The van der Waals surface area contributed by atoms with E-state index in [-0.39, 0.29) is 29.7 Å². The van der Waals surface area contributed by atoms with Gasteiger partial charge in [0.2, 0.25) is 5.91 Å². The van der Waals surface area contributed by atoms with Crippen LogP contribution in [0, 0.1) is 5.82 Å². The summed E-state index contributed by atoms with van der Waals surface area (Å²) >= 11 is 1.34. The normalized spacial score (nSPS) is 10.7. The lowest BCUT2D eigenvalue weighted by Crippen LogP contribution is -2.48. The molecule has 0 atom stereocenters. The summed E-state index contributed by atoms with van der Waals surface area (Å²) in [6.45, 7) is 4.13. The summed E-state index contributed by atoms with van der Waals surface area (Å²) in [4.78, 5) is 12.2. The smallest absolute Gasteiger partial charge is 0.221 e. The number of amides is 1. The highest BCUT2D eigenvalue weighted by atomic mass is 35.5. The summed E-state index contributed by atoms with van der Waals surface area (Å²) in [5, 5.41) is 2.84. The van der Waals surface area contributed by atoms with Crippen LogP contribution in [0.4, 0.5) is 4.39 Å². The Morgan fingerprint density at radius 2 is 2.05 bits per heavy atom. The van der Waals surface area contributed by atoms with Gasteiger partial charge in [-0.3, -0.25) is 4.79 Å². The fourth-order valence-electron chi connectivity index (χ4n) is 1.31. The minimum Gasteiger partial charge on any atom is -0.350 e. The average Bonchev–Trinajstić information content (AvgIpc) is 2.31. The molecule has 3 nitrogen and oxygen atoms in total. The number of thioether (sulfide) groups is 1. The van der Waals surface area contributed by atoms with Crippen molar-refractivity contribution >= 4 is 30.1 Å². The molecule has 19 heavy (non-hydrogen) atoms. The lowest BCUT2D eigenvalue weighted by molar-refractivity contribution is -0.122. The Kier molecular flexibility index (Phi) is 8.06. The summed E-state index contributed by atoms with van der Waals surface area (Å²) in [6, 6.07) is 6.56. The zero-order valence-corrected chi connectivity index (χ0v) is 12.7. The Morgan fingerprint density at radius 1 is 1.42 bits per heavy atom. The van der Waals surface area contributed by atoms with E-state index in [9.17, 15) is 9.18 Å². The average molecular weight is 307 g/mol. The lowest BCUT2D eigenvalue weighted by Gasteiger charge is -2.24. The number of nitrogens with two attached hydrogens (primary N) is 1. The van der Waals surface area contributed by atoms with E-state index in [1.165, 1.54) is 17.8 Å². The first-order valence-corrected chi connectivity index (χ1v) is 6.81. The second-order valence-corrected chi connectivity index (χ2v) is 5.80. The first-order valence-electron chi connectivity index (χ1n) is 5.83. The van der Waals surface area contributed by atoms with Crippen molar-refractivity contribution in [3.63, 3.8) is 0 Å². The molecule has 0 radical (unpaired) electrons. The van der Waals surface area contributed by atoms with Crippen LogP contribution in [0.5, 0.6) is 0 Å². The number of carbonyl (C=O) groups is 1. The van der Waals surface area contributed by atoms with Crippen LogP contribution in [-0.2, 0) is 4.79 Å². The van der Waals surface area contributed by atoms with E-state index >= 15 is 0 Å². The molecule has 108 valence electrons. The van der Waals surface area contributed by atoms with Crippen LogP contribution in [0.25, 0.3) is 0 Å². The molecule has 1 amide bonds. The predicted octanol–water partition coefficient (Wildman–Crippen LogP) is 2.58. The molecule has 0 unspecified atom stereocenters. The largest absolute Gasteiger partial charge is 0.350 e. The summed E-state index contributed by atoms with van der Waals surface area (Å²) in [5.74, 6) is 0.243. The number of benzene rings is 1. The van der Waals surface area contributed by atoms with E-state index in [1.807, 2.05) is 13.8 Å². The number of hydrogen-bond donors (Lipinski definition) is 2. The number of halogens is 2. The fourth-order valence-corrected chi connectivity index (χ4v) is 2.19. The highest BCUT2D eigenvalue weighted by Crippen LogP contribution is 2.21. The molecule has 3 N–H and O–H groups in total. The third kappa shape index (κ3) is 6.80. The van der Waals surface area contributed by atoms with Gasteiger partial charge in [0, 0.05) is 29.2 Å².